The van der Waals surface area contributed by atoms with Gasteiger partial charge in [0.2, 0.25) is 0 Å². The first-order valence-corrected chi connectivity index (χ1v) is 12.9. The van der Waals surface area contributed by atoms with Gasteiger partial charge in [-0.2, -0.15) is 0 Å². The first-order valence-electron chi connectivity index (χ1n) is 12.9. The third-order valence-electron chi connectivity index (χ3n) is 8.89. The monoisotopic (exact) mass is 538 g/mol. The summed E-state index contributed by atoms with van der Waals surface area (Å²) in [5.41, 5.74) is -0.415. The predicted molar refractivity (Wildman–Crippen MR) is 131 cm³/mol. The Morgan fingerprint density at radius 3 is 2.42 bits per heavy atom. The van der Waals surface area contributed by atoms with Gasteiger partial charge >= 0.3 is 5.97 Å². The number of aliphatic hydroxyl groups is 6. The van der Waals surface area contributed by atoms with Gasteiger partial charge in [0.15, 0.2) is 12.1 Å². The second-order valence-electron chi connectivity index (χ2n) is 11.2. The number of fused-ring (bicyclic) bond motifs is 3. The third kappa shape index (κ3) is 4.69. The van der Waals surface area contributed by atoms with Gasteiger partial charge in [0.1, 0.15) is 36.6 Å². The minimum absolute atomic E-state index is 0.0937. The van der Waals surface area contributed by atoms with Crippen LogP contribution in [0, 0.1) is 23.7 Å². The highest BCUT2D eigenvalue weighted by atomic mass is 16.7. The minimum atomic E-state index is -1.68. The molecule has 0 aromatic carbocycles. The molecular formula is C27H38O11. The van der Waals surface area contributed by atoms with Crippen LogP contribution in [-0.4, -0.2) is 104 Å². The number of aliphatic hydroxyl groups excluding tert-OH is 5. The van der Waals surface area contributed by atoms with Gasteiger partial charge in [-0.1, -0.05) is 32.2 Å². The van der Waals surface area contributed by atoms with Gasteiger partial charge in [-0.3, -0.25) is 4.79 Å². The lowest BCUT2D eigenvalue weighted by atomic mass is 9.74. The van der Waals surface area contributed by atoms with Crippen molar-refractivity contribution >= 4 is 11.8 Å². The van der Waals surface area contributed by atoms with Gasteiger partial charge in [-0.25, -0.2) is 4.79 Å². The maximum absolute atomic E-state index is 13.5. The standard InChI is InChI=1S/C27H38O11/c1-6-27(5,35)24(33)19(29)14-7-10(2)13-8-15(11(3)17(13)23-18(14)12(4)25(34)38-23)36-26-22(32)21(31)20(30)16(9-28)37-26/h13-18,20-24,26,28,30-33,35H,2-4,6-9H2,1,5H3/t13-,14+,15-,16+,17-,18?,20+,21-,22+,23?,24?,26+,27?/m0/s1. The topological polar surface area (TPSA) is 183 Å². The van der Waals surface area contributed by atoms with E-state index in [1.807, 2.05) is 0 Å². The summed E-state index contributed by atoms with van der Waals surface area (Å²) in [5.74, 6) is -3.83. The van der Waals surface area contributed by atoms with Gasteiger partial charge < -0.3 is 44.8 Å². The van der Waals surface area contributed by atoms with Gasteiger partial charge in [-0.15, -0.1) is 0 Å². The molecule has 11 heteroatoms. The average molecular weight is 539 g/mol. The van der Waals surface area contributed by atoms with Crippen LogP contribution >= 0.6 is 0 Å². The highest BCUT2D eigenvalue weighted by molar-refractivity contribution is 5.94. The summed E-state index contributed by atoms with van der Waals surface area (Å²) in [6.07, 6.45) is -9.96. The highest BCUT2D eigenvalue weighted by Gasteiger charge is 2.59. The van der Waals surface area contributed by atoms with Gasteiger partial charge in [0, 0.05) is 23.3 Å². The van der Waals surface area contributed by atoms with Crippen molar-refractivity contribution in [2.45, 2.75) is 87.7 Å². The summed E-state index contributed by atoms with van der Waals surface area (Å²) >= 11 is 0. The van der Waals surface area contributed by atoms with E-state index in [1.165, 1.54) is 6.92 Å². The van der Waals surface area contributed by atoms with Crippen molar-refractivity contribution in [3.8, 4) is 0 Å². The van der Waals surface area contributed by atoms with E-state index in [9.17, 15) is 40.2 Å². The molecule has 4 fully saturated rings. The average Bonchev–Trinajstić information content (AvgIpc) is 3.32. The quantitative estimate of drug-likeness (QED) is 0.135. The molecule has 4 aliphatic rings. The zero-order valence-corrected chi connectivity index (χ0v) is 21.6. The molecule has 2 saturated carbocycles. The summed E-state index contributed by atoms with van der Waals surface area (Å²) in [6, 6.07) is 0. The minimum Gasteiger partial charge on any atom is -0.458 e. The van der Waals surface area contributed by atoms with Crippen molar-refractivity contribution in [1.29, 1.82) is 0 Å². The van der Waals surface area contributed by atoms with Crippen LogP contribution in [0.3, 0.4) is 0 Å². The van der Waals surface area contributed by atoms with E-state index >= 15 is 0 Å². The second-order valence-corrected chi connectivity index (χ2v) is 11.2. The molecule has 11 nitrogen and oxygen atoms in total. The normalized spacial score (nSPS) is 43.6. The molecule has 0 amide bonds. The highest BCUT2D eigenvalue weighted by Crippen LogP contribution is 2.55. The van der Waals surface area contributed by atoms with Crippen LogP contribution in [0.2, 0.25) is 0 Å². The molecule has 13 atom stereocenters. The van der Waals surface area contributed by atoms with Crippen LogP contribution in [0.1, 0.15) is 33.1 Å². The number of Topliss-reactive ketones (excluding diaryl/α,β-unsaturated/α-hetero) is 1. The summed E-state index contributed by atoms with van der Waals surface area (Å²) in [6.45, 7) is 14.6. The Kier molecular flexibility index (Phi) is 8.06. The number of carbonyl (C=O) groups is 2. The lowest BCUT2D eigenvalue weighted by Crippen LogP contribution is -2.59. The van der Waals surface area contributed by atoms with E-state index < -0.39 is 90.7 Å². The number of ketones is 1. The van der Waals surface area contributed by atoms with Crippen LogP contribution in [0.15, 0.2) is 36.5 Å². The molecule has 2 heterocycles. The van der Waals surface area contributed by atoms with Crippen molar-refractivity contribution in [2.24, 2.45) is 23.7 Å². The predicted octanol–water partition coefficient (Wildman–Crippen LogP) is -0.871. The number of rotatable bonds is 7. The summed E-state index contributed by atoms with van der Waals surface area (Å²) in [4.78, 5) is 26.1. The largest absolute Gasteiger partial charge is 0.458 e. The van der Waals surface area contributed by atoms with Crippen LogP contribution < -0.4 is 0 Å². The molecule has 0 bridgehead atoms. The van der Waals surface area contributed by atoms with Crippen molar-refractivity contribution in [3.05, 3.63) is 36.5 Å². The van der Waals surface area contributed by atoms with Crippen LogP contribution in [0.5, 0.6) is 0 Å². The summed E-state index contributed by atoms with van der Waals surface area (Å²) in [7, 11) is 0. The Bertz CT molecular complexity index is 1000. The number of carbonyl (C=O) groups excluding carboxylic acids is 2. The first-order chi connectivity index (χ1) is 17.7. The van der Waals surface area contributed by atoms with Crippen LogP contribution in [0.25, 0.3) is 0 Å². The molecule has 6 N–H and O–H groups in total. The van der Waals surface area contributed by atoms with Gasteiger partial charge in [0.05, 0.1) is 18.3 Å². The van der Waals surface area contributed by atoms with Crippen molar-refractivity contribution in [3.63, 3.8) is 0 Å². The van der Waals surface area contributed by atoms with Crippen LogP contribution in [0.4, 0.5) is 0 Å². The van der Waals surface area contributed by atoms with E-state index in [0.717, 1.165) is 0 Å². The Morgan fingerprint density at radius 2 is 1.82 bits per heavy atom. The van der Waals surface area contributed by atoms with E-state index in [0.29, 0.717) is 17.6 Å². The third-order valence-corrected chi connectivity index (χ3v) is 8.89. The summed E-state index contributed by atoms with van der Waals surface area (Å²) < 4.78 is 17.2. The zero-order chi connectivity index (χ0) is 28.3. The molecule has 0 radical (unpaired) electrons. The fraction of sp³-hybridized carbons (Fsp3) is 0.704. The molecule has 4 rings (SSSR count). The lowest BCUT2D eigenvalue weighted by molar-refractivity contribution is -0.308. The first kappa shape index (κ1) is 29.0. The second kappa shape index (κ2) is 10.5. The molecule has 2 saturated heterocycles. The zero-order valence-electron chi connectivity index (χ0n) is 21.6. The molecule has 212 valence electrons. The van der Waals surface area contributed by atoms with E-state index in [-0.39, 0.29) is 24.3 Å². The maximum Gasteiger partial charge on any atom is 0.334 e. The fourth-order valence-electron chi connectivity index (χ4n) is 6.26. The Morgan fingerprint density at radius 1 is 1.16 bits per heavy atom. The molecule has 0 aromatic rings. The lowest BCUT2D eigenvalue weighted by Gasteiger charge is -2.40. The smallest absolute Gasteiger partial charge is 0.334 e. The van der Waals surface area contributed by atoms with Crippen molar-refractivity contribution in [1.82, 2.24) is 0 Å². The number of hydrogen-bond donors (Lipinski definition) is 6. The summed E-state index contributed by atoms with van der Waals surface area (Å²) in [5, 5.41) is 61.4. The van der Waals surface area contributed by atoms with Gasteiger partial charge in [0.25, 0.3) is 0 Å². The number of ether oxygens (including phenoxy) is 3. The molecule has 4 unspecified atom stereocenters. The Hall–Kier alpha value is -1.96. The van der Waals surface area contributed by atoms with E-state index in [4.69, 9.17) is 14.2 Å². The molecule has 0 spiro atoms. The molecular weight excluding hydrogens is 500 g/mol. The number of allylic oxidation sites excluding steroid dienone is 1. The Labute approximate surface area is 221 Å². The van der Waals surface area contributed by atoms with Crippen molar-refractivity contribution < 1.29 is 54.4 Å². The molecule has 2 aliphatic carbocycles. The van der Waals surface area contributed by atoms with Crippen LogP contribution in [-0.2, 0) is 23.8 Å². The van der Waals surface area contributed by atoms with E-state index in [1.54, 1.807) is 6.92 Å². The van der Waals surface area contributed by atoms with E-state index in [2.05, 4.69) is 19.7 Å². The number of esters is 1. The maximum atomic E-state index is 13.5. The SMILES string of the molecule is C=C1C(=O)OC2C1[C@H](C(=O)C(O)C(C)(O)CC)CC(=C)[C@@H]1C[C@H](O[C@@H]3O[C@H](CO)[C@@H](O)[C@H](O)[C@H]3O)C(=C)[C@H]21. The number of hydrogen-bond acceptors (Lipinski definition) is 11. The molecule has 2 aliphatic heterocycles. The van der Waals surface area contributed by atoms with Crippen molar-refractivity contribution in [2.75, 3.05) is 6.61 Å². The molecule has 0 aromatic heterocycles. The fourth-order valence-corrected chi connectivity index (χ4v) is 6.26. The molecule has 38 heavy (non-hydrogen) atoms. The van der Waals surface area contributed by atoms with Gasteiger partial charge in [-0.05, 0) is 37.7 Å². The Balaban J connectivity index is 1.60.